The molecule has 124 valence electrons. The Bertz CT molecular complexity index is 288. The van der Waals surface area contributed by atoms with E-state index >= 15 is 0 Å². The first-order chi connectivity index (χ1) is 10.2. The molecule has 1 aliphatic heterocycles. The lowest BCUT2D eigenvalue weighted by atomic mass is 9.80. The molecule has 0 atom stereocenters. The number of guanidine groups is 1. The largest absolute Gasteiger partial charge is 0.379 e. The molecule has 1 saturated heterocycles. The molecule has 1 rings (SSSR count). The number of hydrogen-bond acceptors (Lipinski definition) is 3. The van der Waals surface area contributed by atoms with Crippen LogP contribution in [0.15, 0.2) is 4.99 Å². The van der Waals surface area contributed by atoms with Gasteiger partial charge in [-0.15, -0.1) is 0 Å². The highest BCUT2D eigenvalue weighted by molar-refractivity contribution is 5.77. The molecule has 0 bridgehead atoms. The first-order valence-electron chi connectivity index (χ1n) is 8.49. The highest BCUT2D eigenvalue weighted by Crippen LogP contribution is 2.30. The van der Waals surface area contributed by atoms with Gasteiger partial charge in [0.05, 0.1) is 13.2 Å². The van der Waals surface area contributed by atoms with Gasteiger partial charge in [0.2, 0.25) is 0 Å². The summed E-state index contributed by atoms with van der Waals surface area (Å²) in [5.74, 6) is 0.594. The predicted molar refractivity (Wildman–Crippen MR) is 89.7 cm³/mol. The van der Waals surface area contributed by atoms with E-state index in [4.69, 9.17) is 10.5 Å². The molecule has 3 N–H and O–H groups in total. The van der Waals surface area contributed by atoms with Gasteiger partial charge in [-0.1, -0.05) is 20.8 Å². The lowest BCUT2D eigenvalue weighted by Crippen LogP contribution is -2.39. The number of morpholine rings is 1. The van der Waals surface area contributed by atoms with Crippen molar-refractivity contribution in [2.75, 3.05) is 45.9 Å². The molecule has 0 aromatic heterocycles. The molecule has 0 aromatic rings. The van der Waals surface area contributed by atoms with Gasteiger partial charge in [0, 0.05) is 26.2 Å². The van der Waals surface area contributed by atoms with Crippen LogP contribution in [0.1, 0.15) is 46.5 Å². The highest BCUT2D eigenvalue weighted by atomic mass is 16.5. The van der Waals surface area contributed by atoms with Gasteiger partial charge in [0.25, 0.3) is 0 Å². The third kappa shape index (κ3) is 6.66. The number of nitrogens with one attached hydrogen (secondary N) is 1. The molecule has 5 nitrogen and oxygen atoms in total. The smallest absolute Gasteiger partial charge is 0.188 e. The van der Waals surface area contributed by atoms with Crippen LogP contribution in [-0.4, -0.2) is 56.8 Å². The predicted octanol–water partition coefficient (Wildman–Crippen LogP) is 1.83. The van der Waals surface area contributed by atoms with Crippen molar-refractivity contribution in [3.8, 4) is 0 Å². The zero-order valence-corrected chi connectivity index (χ0v) is 14.2. The molecule has 0 amide bonds. The van der Waals surface area contributed by atoms with E-state index in [0.29, 0.717) is 11.4 Å². The lowest BCUT2D eigenvalue weighted by Gasteiger charge is -2.28. The summed E-state index contributed by atoms with van der Waals surface area (Å²) in [6, 6.07) is 0. The number of hydrogen-bond donors (Lipinski definition) is 2. The van der Waals surface area contributed by atoms with E-state index in [2.05, 4.69) is 36.0 Å². The van der Waals surface area contributed by atoms with Gasteiger partial charge in [-0.25, -0.2) is 0 Å². The van der Waals surface area contributed by atoms with E-state index < -0.39 is 0 Å². The third-order valence-corrected chi connectivity index (χ3v) is 4.90. The number of ether oxygens (including phenoxy) is 1. The molecule has 21 heavy (non-hydrogen) atoms. The summed E-state index contributed by atoms with van der Waals surface area (Å²) in [5, 5.41) is 3.24. The second kappa shape index (κ2) is 10.0. The molecule has 0 aromatic carbocycles. The summed E-state index contributed by atoms with van der Waals surface area (Å²) in [7, 11) is 0. The Kier molecular flexibility index (Phi) is 8.69. The number of nitrogens with zero attached hydrogens (tertiary/aromatic N) is 2. The summed E-state index contributed by atoms with van der Waals surface area (Å²) >= 11 is 0. The summed E-state index contributed by atoms with van der Waals surface area (Å²) in [6.45, 7) is 13.4. The molecule has 1 heterocycles. The van der Waals surface area contributed by atoms with E-state index in [1.807, 2.05) is 0 Å². The zero-order valence-electron chi connectivity index (χ0n) is 14.2. The van der Waals surface area contributed by atoms with Gasteiger partial charge >= 0.3 is 0 Å². The quantitative estimate of drug-likeness (QED) is 0.387. The normalized spacial score (nSPS) is 18.0. The fourth-order valence-corrected chi connectivity index (χ4v) is 2.74. The summed E-state index contributed by atoms with van der Waals surface area (Å²) in [5.41, 5.74) is 6.29. The fourth-order valence-electron chi connectivity index (χ4n) is 2.74. The highest BCUT2D eigenvalue weighted by Gasteiger charge is 2.23. The van der Waals surface area contributed by atoms with Gasteiger partial charge in [0.1, 0.15) is 0 Å². The van der Waals surface area contributed by atoms with Crippen LogP contribution in [0.4, 0.5) is 0 Å². The average Bonchev–Trinajstić information content (AvgIpc) is 2.54. The third-order valence-electron chi connectivity index (χ3n) is 4.90. The van der Waals surface area contributed by atoms with E-state index in [9.17, 15) is 0 Å². The van der Waals surface area contributed by atoms with E-state index in [0.717, 1.165) is 71.6 Å². The standard InChI is InChI=1S/C16H34N4O/c1-4-16(5-2,6-3)14-19-15(17)18-8-7-9-20-10-12-21-13-11-20/h4-14H2,1-3H3,(H3,17,18,19). The Hall–Kier alpha value is -0.810. The molecule has 0 unspecified atom stereocenters. The van der Waals surface area contributed by atoms with E-state index in [1.165, 1.54) is 0 Å². The van der Waals surface area contributed by atoms with Crippen LogP contribution < -0.4 is 11.1 Å². The van der Waals surface area contributed by atoms with Crippen molar-refractivity contribution in [3.05, 3.63) is 0 Å². The van der Waals surface area contributed by atoms with E-state index in [1.54, 1.807) is 0 Å². The van der Waals surface area contributed by atoms with Gasteiger partial charge < -0.3 is 15.8 Å². The molecule has 0 aliphatic carbocycles. The van der Waals surface area contributed by atoms with E-state index in [-0.39, 0.29) is 0 Å². The Morgan fingerprint density at radius 3 is 2.38 bits per heavy atom. The number of nitrogens with two attached hydrogens (primary N) is 1. The summed E-state index contributed by atoms with van der Waals surface area (Å²) in [4.78, 5) is 6.98. The minimum absolute atomic E-state index is 0.320. The molecule has 1 fully saturated rings. The Labute approximate surface area is 130 Å². The Balaban J connectivity index is 2.19. The van der Waals surface area contributed by atoms with Crippen LogP contribution in [0.2, 0.25) is 0 Å². The molecule has 5 heteroatoms. The number of aliphatic imine (C=N–C) groups is 1. The van der Waals surface area contributed by atoms with Crippen molar-refractivity contribution in [2.24, 2.45) is 16.1 Å². The maximum atomic E-state index is 5.97. The second-order valence-electron chi connectivity index (χ2n) is 6.00. The van der Waals surface area contributed by atoms with Crippen molar-refractivity contribution in [2.45, 2.75) is 46.5 Å². The topological polar surface area (TPSA) is 62.9 Å². The van der Waals surface area contributed by atoms with Crippen molar-refractivity contribution >= 4 is 5.96 Å². The first-order valence-corrected chi connectivity index (χ1v) is 8.49. The Morgan fingerprint density at radius 1 is 1.19 bits per heavy atom. The molecule has 0 saturated carbocycles. The first kappa shape index (κ1) is 18.2. The van der Waals surface area contributed by atoms with Crippen LogP contribution >= 0.6 is 0 Å². The minimum atomic E-state index is 0.320. The van der Waals surface area contributed by atoms with Crippen molar-refractivity contribution in [3.63, 3.8) is 0 Å². The molecular weight excluding hydrogens is 264 g/mol. The second-order valence-corrected chi connectivity index (χ2v) is 6.00. The molecule has 1 aliphatic rings. The summed E-state index contributed by atoms with van der Waals surface area (Å²) < 4.78 is 5.34. The maximum Gasteiger partial charge on any atom is 0.188 e. The Morgan fingerprint density at radius 2 is 1.81 bits per heavy atom. The molecular formula is C16H34N4O. The molecule has 0 radical (unpaired) electrons. The number of rotatable bonds is 9. The van der Waals surface area contributed by atoms with Gasteiger partial charge in [-0.05, 0) is 37.6 Å². The zero-order chi connectivity index (χ0) is 15.6. The van der Waals surface area contributed by atoms with Crippen LogP contribution in [0.5, 0.6) is 0 Å². The molecule has 0 spiro atoms. The fraction of sp³-hybridized carbons (Fsp3) is 0.938. The lowest BCUT2D eigenvalue weighted by molar-refractivity contribution is 0.0376. The van der Waals surface area contributed by atoms with Crippen molar-refractivity contribution in [1.29, 1.82) is 0 Å². The SMILES string of the molecule is CCC(CC)(CC)CN=C(N)NCCCN1CCOCC1. The maximum absolute atomic E-state index is 5.97. The van der Waals surface area contributed by atoms with Crippen molar-refractivity contribution in [1.82, 2.24) is 10.2 Å². The van der Waals surface area contributed by atoms with Crippen molar-refractivity contribution < 1.29 is 4.74 Å². The van der Waals surface area contributed by atoms with Gasteiger partial charge in [0.15, 0.2) is 5.96 Å². The monoisotopic (exact) mass is 298 g/mol. The van der Waals surface area contributed by atoms with Crippen LogP contribution in [-0.2, 0) is 4.74 Å². The minimum Gasteiger partial charge on any atom is -0.379 e. The average molecular weight is 298 g/mol. The van der Waals surface area contributed by atoms with Crippen LogP contribution in [0.3, 0.4) is 0 Å². The van der Waals surface area contributed by atoms with Crippen LogP contribution in [0.25, 0.3) is 0 Å². The van der Waals surface area contributed by atoms with Gasteiger partial charge in [-0.3, -0.25) is 9.89 Å². The summed E-state index contributed by atoms with van der Waals surface area (Å²) in [6.07, 6.45) is 4.58. The van der Waals surface area contributed by atoms with Gasteiger partial charge in [-0.2, -0.15) is 0 Å². The van der Waals surface area contributed by atoms with Crippen LogP contribution in [0, 0.1) is 5.41 Å².